The Morgan fingerprint density at radius 1 is 1.53 bits per heavy atom. The lowest BCUT2D eigenvalue weighted by atomic mass is 10.2. The van der Waals surface area contributed by atoms with Crippen molar-refractivity contribution < 1.29 is 19.4 Å². The third-order valence-corrected chi connectivity index (χ3v) is 2.87. The first-order chi connectivity index (χ1) is 8.10. The molecule has 0 aliphatic heterocycles. The van der Waals surface area contributed by atoms with E-state index >= 15 is 0 Å². The van der Waals surface area contributed by atoms with E-state index in [1.54, 1.807) is 12.0 Å². The number of carbonyl (C=O) groups excluding carboxylic acids is 1. The number of ether oxygens (including phenoxy) is 1. The van der Waals surface area contributed by atoms with Gasteiger partial charge in [-0.25, -0.2) is 9.59 Å². The number of hydrogen-bond acceptors (Lipinski definition) is 3. The molecule has 0 spiro atoms. The Labute approximate surface area is 101 Å². The fraction of sp³-hybridized carbons (Fsp3) is 0.818. The van der Waals surface area contributed by atoms with E-state index in [0.717, 1.165) is 12.8 Å². The van der Waals surface area contributed by atoms with Crippen LogP contribution in [0.5, 0.6) is 0 Å². The van der Waals surface area contributed by atoms with Crippen molar-refractivity contribution in [2.24, 2.45) is 5.92 Å². The van der Waals surface area contributed by atoms with Crippen LogP contribution in [0.15, 0.2) is 0 Å². The average molecular weight is 244 g/mol. The molecule has 0 aromatic heterocycles. The minimum atomic E-state index is -0.955. The number of amides is 2. The molecule has 1 unspecified atom stereocenters. The molecule has 2 amide bonds. The number of aliphatic carboxylic acids is 1. The van der Waals surface area contributed by atoms with Crippen molar-refractivity contribution in [1.82, 2.24) is 10.2 Å². The molecular formula is C11H20N2O4. The molecule has 1 aliphatic rings. The van der Waals surface area contributed by atoms with Crippen LogP contribution in [0.4, 0.5) is 4.79 Å². The van der Waals surface area contributed by atoms with Gasteiger partial charge in [-0.05, 0) is 25.7 Å². The van der Waals surface area contributed by atoms with Crippen molar-refractivity contribution in [2.45, 2.75) is 25.8 Å². The topological polar surface area (TPSA) is 78.9 Å². The summed E-state index contributed by atoms with van der Waals surface area (Å²) in [4.78, 5) is 24.4. The maximum atomic E-state index is 11.8. The van der Waals surface area contributed by atoms with E-state index < -0.39 is 12.0 Å². The summed E-state index contributed by atoms with van der Waals surface area (Å²) in [5.41, 5.74) is 0. The van der Waals surface area contributed by atoms with Gasteiger partial charge in [0, 0.05) is 20.2 Å². The Morgan fingerprint density at radius 3 is 2.59 bits per heavy atom. The second-order valence-electron chi connectivity index (χ2n) is 4.18. The van der Waals surface area contributed by atoms with Gasteiger partial charge in [-0.3, -0.25) is 0 Å². The van der Waals surface area contributed by atoms with Crippen molar-refractivity contribution in [3.05, 3.63) is 0 Å². The minimum absolute atomic E-state index is 0.0950. The fourth-order valence-electron chi connectivity index (χ4n) is 1.64. The zero-order valence-corrected chi connectivity index (χ0v) is 10.3. The molecule has 1 fully saturated rings. The van der Waals surface area contributed by atoms with E-state index in [-0.39, 0.29) is 11.9 Å². The molecule has 0 aromatic carbocycles. The molecule has 0 heterocycles. The monoisotopic (exact) mass is 244 g/mol. The number of carboxylic acid groups (broad SMARTS) is 1. The molecule has 0 saturated heterocycles. The van der Waals surface area contributed by atoms with Crippen molar-refractivity contribution >= 4 is 12.0 Å². The molecule has 1 rings (SSSR count). The molecular weight excluding hydrogens is 224 g/mol. The van der Waals surface area contributed by atoms with Crippen LogP contribution in [0.25, 0.3) is 0 Å². The van der Waals surface area contributed by atoms with E-state index in [1.807, 2.05) is 6.92 Å². The molecule has 1 aliphatic carbocycles. The number of methoxy groups -OCH3 is 1. The Hall–Kier alpha value is -1.30. The lowest BCUT2D eigenvalue weighted by Gasteiger charge is -2.23. The Bertz CT molecular complexity index is 279. The van der Waals surface area contributed by atoms with Crippen molar-refractivity contribution in [3.63, 3.8) is 0 Å². The summed E-state index contributed by atoms with van der Waals surface area (Å²) in [7, 11) is 1.57. The lowest BCUT2D eigenvalue weighted by Crippen LogP contribution is -2.49. The zero-order chi connectivity index (χ0) is 12.8. The molecule has 1 atom stereocenters. The first-order valence-corrected chi connectivity index (χ1v) is 5.87. The van der Waals surface area contributed by atoms with Crippen LogP contribution in [-0.2, 0) is 9.53 Å². The number of hydrogen-bond donors (Lipinski definition) is 2. The van der Waals surface area contributed by atoms with E-state index in [0.29, 0.717) is 19.7 Å². The van der Waals surface area contributed by atoms with Gasteiger partial charge in [0.1, 0.15) is 6.04 Å². The summed E-state index contributed by atoms with van der Waals surface area (Å²) in [6.07, 6.45) is 1.75. The van der Waals surface area contributed by atoms with Gasteiger partial charge in [0.2, 0.25) is 0 Å². The maximum Gasteiger partial charge on any atom is 0.326 e. The minimum Gasteiger partial charge on any atom is -0.480 e. The van der Waals surface area contributed by atoms with E-state index in [2.05, 4.69) is 5.32 Å². The number of carbonyl (C=O) groups is 2. The van der Waals surface area contributed by atoms with Gasteiger partial charge in [0.05, 0.1) is 6.61 Å². The van der Waals surface area contributed by atoms with E-state index in [4.69, 9.17) is 9.84 Å². The normalized spacial score (nSPS) is 16.4. The van der Waals surface area contributed by atoms with Crippen LogP contribution in [0, 0.1) is 5.92 Å². The highest BCUT2D eigenvalue weighted by atomic mass is 16.5. The standard InChI is InChI=1S/C11H20N2O4/c1-3-13(6-7-17-2)11(16)12-9(10(14)15)8-4-5-8/h8-9H,3-7H2,1-2H3,(H,12,16)(H,14,15). The third kappa shape index (κ3) is 4.22. The predicted molar refractivity (Wildman–Crippen MR) is 61.8 cm³/mol. The summed E-state index contributed by atoms with van der Waals surface area (Å²) in [5, 5.41) is 11.6. The molecule has 0 bridgehead atoms. The van der Waals surface area contributed by atoms with E-state index in [9.17, 15) is 9.59 Å². The fourth-order valence-corrected chi connectivity index (χ4v) is 1.64. The predicted octanol–water partition coefficient (Wildman–Crippen LogP) is 0.527. The Morgan fingerprint density at radius 2 is 2.18 bits per heavy atom. The van der Waals surface area contributed by atoms with E-state index in [1.165, 1.54) is 0 Å². The molecule has 0 radical (unpaired) electrons. The van der Waals surface area contributed by atoms with Gasteiger partial charge in [-0.1, -0.05) is 0 Å². The molecule has 0 aromatic rings. The van der Waals surface area contributed by atoms with Gasteiger partial charge in [0.25, 0.3) is 0 Å². The SMILES string of the molecule is CCN(CCOC)C(=O)NC(C(=O)O)C1CC1. The molecule has 98 valence electrons. The number of urea groups is 1. The first kappa shape index (κ1) is 13.8. The van der Waals surface area contributed by atoms with Crippen LogP contribution in [0.1, 0.15) is 19.8 Å². The molecule has 17 heavy (non-hydrogen) atoms. The molecule has 1 saturated carbocycles. The number of likely N-dealkylation sites (N-methyl/N-ethyl adjacent to an activating group) is 1. The van der Waals surface area contributed by atoms with Gasteiger partial charge in [0.15, 0.2) is 0 Å². The Kier molecular flexibility index (Phi) is 5.21. The van der Waals surface area contributed by atoms with Gasteiger partial charge >= 0.3 is 12.0 Å². The molecule has 6 heteroatoms. The second-order valence-corrected chi connectivity index (χ2v) is 4.18. The van der Waals surface area contributed by atoms with Crippen molar-refractivity contribution in [2.75, 3.05) is 26.8 Å². The lowest BCUT2D eigenvalue weighted by molar-refractivity contribution is -0.139. The van der Waals surface area contributed by atoms with Crippen molar-refractivity contribution in [1.29, 1.82) is 0 Å². The van der Waals surface area contributed by atoms with Crippen LogP contribution in [0.3, 0.4) is 0 Å². The summed E-state index contributed by atoms with van der Waals surface area (Å²) >= 11 is 0. The van der Waals surface area contributed by atoms with Gasteiger partial charge in [-0.2, -0.15) is 0 Å². The number of rotatable bonds is 7. The van der Waals surface area contributed by atoms with Gasteiger partial charge in [-0.15, -0.1) is 0 Å². The maximum absolute atomic E-state index is 11.8. The summed E-state index contributed by atoms with van der Waals surface area (Å²) < 4.78 is 4.90. The van der Waals surface area contributed by atoms with Gasteiger partial charge < -0.3 is 20.1 Å². The largest absolute Gasteiger partial charge is 0.480 e. The number of carboxylic acids is 1. The van der Waals surface area contributed by atoms with Crippen molar-refractivity contribution in [3.8, 4) is 0 Å². The third-order valence-electron chi connectivity index (χ3n) is 2.87. The summed E-state index contributed by atoms with van der Waals surface area (Å²) in [6, 6.07) is -1.08. The highest BCUT2D eigenvalue weighted by molar-refractivity contribution is 5.83. The number of nitrogens with one attached hydrogen (secondary N) is 1. The van der Waals surface area contributed by atoms with Crippen LogP contribution < -0.4 is 5.32 Å². The highest BCUT2D eigenvalue weighted by Crippen LogP contribution is 2.32. The van der Waals surface area contributed by atoms with Crippen LogP contribution >= 0.6 is 0 Å². The molecule has 2 N–H and O–H groups in total. The quantitative estimate of drug-likeness (QED) is 0.684. The zero-order valence-electron chi connectivity index (χ0n) is 10.3. The molecule has 6 nitrogen and oxygen atoms in total. The first-order valence-electron chi connectivity index (χ1n) is 5.87. The van der Waals surface area contributed by atoms with Crippen LogP contribution in [0.2, 0.25) is 0 Å². The second kappa shape index (κ2) is 6.44. The highest BCUT2D eigenvalue weighted by Gasteiger charge is 2.37. The van der Waals surface area contributed by atoms with Crippen LogP contribution in [-0.4, -0.2) is 54.9 Å². The number of nitrogens with zero attached hydrogens (tertiary/aromatic N) is 1. The summed E-state index contributed by atoms with van der Waals surface area (Å²) in [5.74, 6) is -0.860. The smallest absolute Gasteiger partial charge is 0.326 e. The Balaban J connectivity index is 2.46. The summed E-state index contributed by atoms with van der Waals surface area (Å²) in [6.45, 7) is 3.30. The average Bonchev–Trinajstić information content (AvgIpc) is 3.10.